The molecule has 0 saturated carbocycles. The third-order valence-corrected chi connectivity index (χ3v) is 4.33. The van der Waals surface area contributed by atoms with E-state index in [1.165, 1.54) is 0 Å². The molecule has 2 atom stereocenters. The molecule has 1 aromatic rings. The van der Waals surface area contributed by atoms with Crippen LogP contribution in [0.4, 0.5) is 0 Å². The van der Waals surface area contributed by atoms with Gasteiger partial charge in [-0.05, 0) is 17.7 Å². The second kappa shape index (κ2) is 6.55. The minimum atomic E-state index is -0.515. The maximum atomic E-state index is 11.7. The Labute approximate surface area is 116 Å². The van der Waals surface area contributed by atoms with Crippen molar-refractivity contribution < 1.29 is 14.3 Å². The van der Waals surface area contributed by atoms with Crippen LogP contribution in [0, 0.1) is 5.92 Å². The van der Waals surface area contributed by atoms with Gasteiger partial charge in [-0.15, -0.1) is 0 Å². The molecule has 1 aromatic carbocycles. The summed E-state index contributed by atoms with van der Waals surface area (Å²) in [6.07, 6.45) is 0.734. The molecule has 1 aliphatic heterocycles. The lowest BCUT2D eigenvalue weighted by Crippen LogP contribution is -2.20. The number of rotatable bonds is 5. The average molecular weight is 276 g/mol. The Bertz CT molecular complexity index is 497. The van der Waals surface area contributed by atoms with Crippen LogP contribution in [0.3, 0.4) is 0 Å². The minimum absolute atomic E-state index is 0.137. The maximum Gasteiger partial charge on any atom is 0.418 e. The van der Waals surface area contributed by atoms with Gasteiger partial charge in [0.05, 0.1) is 0 Å². The number of ether oxygens (including phenoxy) is 1. The third kappa shape index (κ3) is 3.06. The van der Waals surface area contributed by atoms with Crippen LogP contribution in [0.2, 0.25) is 0 Å². The monoisotopic (exact) mass is 276 g/mol. The number of carbonyl (C=O) groups is 1. The molecular weight excluding hydrogens is 260 g/mol. The highest BCUT2D eigenvalue weighted by Crippen LogP contribution is 2.35. The number of nitrogens with zero attached hydrogens (tertiary/aromatic N) is 2. The molecule has 19 heavy (non-hydrogen) atoms. The van der Waals surface area contributed by atoms with Gasteiger partial charge in [0.15, 0.2) is 0 Å². The van der Waals surface area contributed by atoms with Crippen molar-refractivity contribution in [2.24, 2.45) is 5.92 Å². The Hall–Kier alpha value is -1.58. The first-order chi connectivity index (χ1) is 9.27. The van der Waals surface area contributed by atoms with E-state index >= 15 is 0 Å². The summed E-state index contributed by atoms with van der Waals surface area (Å²) in [5.41, 5.74) is 10.1. The van der Waals surface area contributed by atoms with Crippen LogP contribution in [-0.2, 0) is 9.53 Å². The SMILES string of the molecule is CCCSC[C@H]1C(=[N+]=[N-])C(=O)O[C@@H]1c1ccccc1. The van der Waals surface area contributed by atoms with Crippen LogP contribution in [-0.4, -0.2) is 28.0 Å². The lowest BCUT2D eigenvalue weighted by molar-refractivity contribution is -0.140. The van der Waals surface area contributed by atoms with E-state index in [0.29, 0.717) is 0 Å². The molecule has 0 unspecified atom stereocenters. The Balaban J connectivity index is 2.21. The highest BCUT2D eigenvalue weighted by molar-refractivity contribution is 7.99. The van der Waals surface area contributed by atoms with Crippen molar-refractivity contribution in [1.82, 2.24) is 0 Å². The van der Waals surface area contributed by atoms with Crippen molar-refractivity contribution in [3.8, 4) is 0 Å². The fourth-order valence-electron chi connectivity index (χ4n) is 2.13. The van der Waals surface area contributed by atoms with Gasteiger partial charge >= 0.3 is 11.7 Å². The molecule has 2 rings (SSSR count). The van der Waals surface area contributed by atoms with Gasteiger partial charge in [-0.3, -0.25) is 0 Å². The molecule has 0 bridgehead atoms. The minimum Gasteiger partial charge on any atom is -0.448 e. The molecule has 0 spiro atoms. The number of hydrogen-bond acceptors (Lipinski definition) is 3. The predicted octanol–water partition coefficient (Wildman–Crippen LogP) is 2.71. The summed E-state index contributed by atoms with van der Waals surface area (Å²) in [6.45, 7) is 2.11. The first-order valence-corrected chi connectivity index (χ1v) is 7.49. The van der Waals surface area contributed by atoms with E-state index in [4.69, 9.17) is 10.3 Å². The highest BCUT2D eigenvalue weighted by Gasteiger charge is 2.48. The smallest absolute Gasteiger partial charge is 0.418 e. The van der Waals surface area contributed by atoms with Crippen molar-refractivity contribution in [1.29, 1.82) is 0 Å². The number of benzene rings is 1. The number of hydrogen-bond donors (Lipinski definition) is 0. The molecular formula is C14H16N2O2S. The Morgan fingerprint density at radius 1 is 1.37 bits per heavy atom. The van der Waals surface area contributed by atoms with Crippen molar-refractivity contribution >= 4 is 23.4 Å². The van der Waals surface area contributed by atoms with E-state index in [1.54, 1.807) is 11.8 Å². The maximum absolute atomic E-state index is 11.7. The molecule has 0 N–H and O–H groups in total. The fourth-order valence-corrected chi connectivity index (χ4v) is 3.17. The summed E-state index contributed by atoms with van der Waals surface area (Å²) in [7, 11) is 0. The highest BCUT2D eigenvalue weighted by atomic mass is 32.2. The molecule has 1 heterocycles. The summed E-state index contributed by atoms with van der Waals surface area (Å²) in [5.74, 6) is 1.04. The van der Waals surface area contributed by atoms with Crippen molar-refractivity contribution in [2.75, 3.05) is 11.5 Å². The van der Waals surface area contributed by atoms with Crippen molar-refractivity contribution in [3.63, 3.8) is 0 Å². The topological polar surface area (TPSA) is 62.7 Å². The first kappa shape index (κ1) is 13.8. The van der Waals surface area contributed by atoms with Crippen LogP contribution in [0.25, 0.3) is 5.53 Å². The van der Waals surface area contributed by atoms with E-state index in [1.807, 2.05) is 30.3 Å². The second-order valence-electron chi connectivity index (χ2n) is 4.40. The molecule has 1 saturated heterocycles. The van der Waals surface area contributed by atoms with Crippen molar-refractivity contribution in [2.45, 2.75) is 19.4 Å². The van der Waals surface area contributed by atoms with Crippen LogP contribution < -0.4 is 0 Å². The summed E-state index contributed by atoms with van der Waals surface area (Å²) in [6, 6.07) is 9.59. The van der Waals surface area contributed by atoms with Gasteiger partial charge in [-0.25, -0.2) is 4.79 Å². The zero-order chi connectivity index (χ0) is 13.7. The lowest BCUT2D eigenvalue weighted by atomic mass is 9.96. The molecule has 100 valence electrons. The molecule has 4 nitrogen and oxygen atoms in total. The standard InChI is InChI=1S/C14H16N2O2S/c1-2-8-19-9-11-12(16-15)14(17)18-13(11)10-6-4-3-5-7-10/h3-7,11,13H,2,8-9H2,1H3/t11-,13+/m0/s1. The molecule has 0 amide bonds. The molecule has 0 aliphatic carbocycles. The molecule has 5 heteroatoms. The first-order valence-electron chi connectivity index (χ1n) is 6.33. The predicted molar refractivity (Wildman–Crippen MR) is 75.0 cm³/mol. The van der Waals surface area contributed by atoms with Gasteiger partial charge in [0.25, 0.3) is 0 Å². The number of cyclic esters (lactones) is 1. The number of carbonyl (C=O) groups excluding carboxylic acids is 1. The third-order valence-electron chi connectivity index (χ3n) is 3.04. The van der Waals surface area contributed by atoms with E-state index in [0.717, 1.165) is 23.5 Å². The molecule has 1 fully saturated rings. The van der Waals surface area contributed by atoms with Gasteiger partial charge in [-0.1, -0.05) is 37.3 Å². The number of thioether (sulfide) groups is 1. The largest absolute Gasteiger partial charge is 0.448 e. The average Bonchev–Trinajstić information content (AvgIpc) is 2.76. The van der Waals surface area contributed by atoms with E-state index in [2.05, 4.69) is 11.7 Å². The molecule has 0 radical (unpaired) electrons. The van der Waals surface area contributed by atoms with Crippen LogP contribution >= 0.6 is 11.8 Å². The van der Waals surface area contributed by atoms with Gasteiger partial charge in [-0.2, -0.15) is 16.6 Å². The van der Waals surface area contributed by atoms with E-state index in [9.17, 15) is 4.79 Å². The summed E-state index contributed by atoms with van der Waals surface area (Å²) in [5, 5.41) is 0. The van der Waals surface area contributed by atoms with Crippen LogP contribution in [0.5, 0.6) is 0 Å². The zero-order valence-corrected chi connectivity index (χ0v) is 11.6. The van der Waals surface area contributed by atoms with E-state index in [-0.39, 0.29) is 17.7 Å². The van der Waals surface area contributed by atoms with Gasteiger partial charge in [0.1, 0.15) is 12.0 Å². The summed E-state index contributed by atoms with van der Waals surface area (Å²) in [4.78, 5) is 14.8. The quantitative estimate of drug-likeness (QED) is 0.359. The van der Waals surface area contributed by atoms with Crippen molar-refractivity contribution in [3.05, 3.63) is 41.4 Å². The fraction of sp³-hybridized carbons (Fsp3) is 0.429. The van der Waals surface area contributed by atoms with Crippen LogP contribution in [0.15, 0.2) is 30.3 Å². The Morgan fingerprint density at radius 3 is 2.74 bits per heavy atom. The van der Waals surface area contributed by atoms with Gasteiger partial charge in [0.2, 0.25) is 0 Å². The second-order valence-corrected chi connectivity index (χ2v) is 5.55. The van der Waals surface area contributed by atoms with Crippen LogP contribution in [0.1, 0.15) is 25.0 Å². The summed E-state index contributed by atoms with van der Waals surface area (Å²) >= 11 is 1.75. The number of esters is 1. The Kier molecular flexibility index (Phi) is 4.77. The van der Waals surface area contributed by atoms with Gasteiger partial charge < -0.3 is 10.3 Å². The normalized spacial score (nSPS) is 22.2. The molecule has 1 aliphatic rings. The van der Waals surface area contributed by atoms with Gasteiger partial charge in [0, 0.05) is 5.75 Å². The summed E-state index contributed by atoms with van der Waals surface area (Å²) < 4.78 is 5.35. The van der Waals surface area contributed by atoms with E-state index < -0.39 is 5.97 Å². The lowest BCUT2D eigenvalue weighted by Gasteiger charge is -2.14. The Morgan fingerprint density at radius 2 is 2.11 bits per heavy atom. The zero-order valence-electron chi connectivity index (χ0n) is 10.8. The molecule has 0 aromatic heterocycles.